The van der Waals surface area contributed by atoms with Crippen LogP contribution in [0.2, 0.25) is 0 Å². The maximum Gasteiger partial charge on any atom is 0.282 e. The van der Waals surface area contributed by atoms with Crippen molar-refractivity contribution in [2.45, 2.75) is 13.1 Å². The van der Waals surface area contributed by atoms with E-state index in [-0.39, 0.29) is 11.1 Å². The van der Waals surface area contributed by atoms with Crippen molar-refractivity contribution in [1.82, 2.24) is 14.8 Å². The number of hydrogen-bond acceptors (Lipinski definition) is 5. The van der Waals surface area contributed by atoms with E-state index in [0.29, 0.717) is 12.1 Å². The van der Waals surface area contributed by atoms with E-state index in [2.05, 4.69) is 21.3 Å². The van der Waals surface area contributed by atoms with E-state index in [0.717, 1.165) is 67.7 Å². The van der Waals surface area contributed by atoms with Gasteiger partial charge in [0.2, 0.25) is 0 Å². The molecule has 0 bridgehead atoms. The molecule has 0 spiro atoms. The molecule has 3 aliphatic heterocycles. The molecule has 2 aromatic rings. The number of aromatic nitrogens is 1. The molecule has 5 rings (SSSR count). The Bertz CT molecular complexity index is 1010. The SMILES string of the molecule is O=C1Nc2ccc(CN3CCSC3=O)cc2C1=Cc1cc(CN2CCOCC2)c[nH]1. The summed E-state index contributed by atoms with van der Waals surface area (Å²) in [5, 5.41) is 3.07. The zero-order valence-electron chi connectivity index (χ0n) is 16.6. The van der Waals surface area contributed by atoms with Crippen molar-refractivity contribution in [2.24, 2.45) is 0 Å². The molecule has 0 saturated carbocycles. The first-order valence-electron chi connectivity index (χ1n) is 10.2. The molecule has 2 fully saturated rings. The summed E-state index contributed by atoms with van der Waals surface area (Å²) in [6.45, 7) is 5.67. The van der Waals surface area contributed by atoms with E-state index >= 15 is 0 Å². The summed E-state index contributed by atoms with van der Waals surface area (Å²) in [5.74, 6) is 0.744. The van der Waals surface area contributed by atoms with Gasteiger partial charge in [-0.2, -0.15) is 0 Å². The number of benzene rings is 1. The van der Waals surface area contributed by atoms with Crippen LogP contribution in [0.25, 0.3) is 11.6 Å². The van der Waals surface area contributed by atoms with Gasteiger partial charge in [-0.15, -0.1) is 0 Å². The lowest BCUT2D eigenvalue weighted by Gasteiger charge is -2.25. The molecule has 0 atom stereocenters. The highest BCUT2D eigenvalue weighted by Crippen LogP contribution is 2.34. The number of carbonyl (C=O) groups excluding carboxylic acids is 2. The van der Waals surface area contributed by atoms with Crippen LogP contribution in [-0.4, -0.2) is 64.5 Å². The largest absolute Gasteiger partial charge is 0.379 e. The highest BCUT2D eigenvalue weighted by atomic mass is 32.2. The molecule has 2 saturated heterocycles. The van der Waals surface area contributed by atoms with Crippen molar-refractivity contribution in [1.29, 1.82) is 0 Å². The number of H-pyrrole nitrogens is 1. The summed E-state index contributed by atoms with van der Waals surface area (Å²) >= 11 is 1.36. The Hall–Kier alpha value is -2.55. The molecule has 2 amide bonds. The van der Waals surface area contributed by atoms with Gasteiger partial charge in [-0.3, -0.25) is 14.5 Å². The van der Waals surface area contributed by atoms with Gasteiger partial charge in [-0.25, -0.2) is 0 Å². The average Bonchev–Trinajstić information content (AvgIpc) is 3.44. The number of nitrogens with zero attached hydrogens (tertiary/aromatic N) is 2. The third-order valence-corrected chi connectivity index (χ3v) is 6.55. The van der Waals surface area contributed by atoms with Gasteiger partial charge in [0.15, 0.2) is 0 Å². The third kappa shape index (κ3) is 4.03. The van der Waals surface area contributed by atoms with Gasteiger partial charge in [0, 0.05) is 61.6 Å². The molecule has 0 unspecified atom stereocenters. The quantitative estimate of drug-likeness (QED) is 0.722. The van der Waals surface area contributed by atoms with Crippen LogP contribution < -0.4 is 5.32 Å². The van der Waals surface area contributed by atoms with Crippen LogP contribution in [-0.2, 0) is 22.6 Å². The minimum atomic E-state index is -0.0979. The Morgan fingerprint density at radius 2 is 1.93 bits per heavy atom. The minimum Gasteiger partial charge on any atom is -0.379 e. The fourth-order valence-corrected chi connectivity index (χ4v) is 4.90. The Morgan fingerprint density at radius 1 is 1.07 bits per heavy atom. The highest BCUT2D eigenvalue weighted by Gasteiger charge is 2.26. The summed E-state index contributed by atoms with van der Waals surface area (Å²) in [5.41, 5.74) is 5.49. The lowest BCUT2D eigenvalue weighted by molar-refractivity contribution is -0.110. The van der Waals surface area contributed by atoms with Gasteiger partial charge in [0.1, 0.15) is 0 Å². The van der Waals surface area contributed by atoms with Crippen LogP contribution in [0.3, 0.4) is 0 Å². The van der Waals surface area contributed by atoms with Crippen molar-refractivity contribution >= 4 is 40.2 Å². The molecule has 2 N–H and O–H groups in total. The number of rotatable bonds is 5. The Kier molecular flexibility index (Phi) is 5.37. The highest BCUT2D eigenvalue weighted by molar-refractivity contribution is 8.13. The number of aromatic amines is 1. The van der Waals surface area contributed by atoms with E-state index in [1.807, 2.05) is 35.4 Å². The van der Waals surface area contributed by atoms with Crippen molar-refractivity contribution in [3.05, 3.63) is 52.8 Å². The minimum absolute atomic E-state index is 0.0979. The Labute approximate surface area is 179 Å². The van der Waals surface area contributed by atoms with E-state index in [1.165, 1.54) is 17.3 Å². The molecule has 30 heavy (non-hydrogen) atoms. The van der Waals surface area contributed by atoms with Gasteiger partial charge in [0.25, 0.3) is 11.1 Å². The molecule has 8 heteroatoms. The predicted molar refractivity (Wildman–Crippen MR) is 118 cm³/mol. The predicted octanol–water partition coefficient (Wildman–Crippen LogP) is 3.01. The second kappa shape index (κ2) is 8.29. The smallest absolute Gasteiger partial charge is 0.282 e. The molecule has 3 aliphatic rings. The van der Waals surface area contributed by atoms with E-state index in [9.17, 15) is 9.59 Å². The normalized spacial score (nSPS) is 20.8. The molecule has 156 valence electrons. The second-order valence-electron chi connectivity index (χ2n) is 7.78. The molecular weight excluding hydrogens is 400 g/mol. The van der Waals surface area contributed by atoms with Crippen LogP contribution in [0.5, 0.6) is 0 Å². The van der Waals surface area contributed by atoms with E-state index in [4.69, 9.17) is 4.74 Å². The molecule has 4 heterocycles. The molecular formula is C22H24N4O3S. The lowest BCUT2D eigenvalue weighted by Crippen LogP contribution is -2.35. The monoisotopic (exact) mass is 424 g/mol. The first-order chi connectivity index (χ1) is 14.7. The van der Waals surface area contributed by atoms with Crippen molar-refractivity contribution in [3.8, 4) is 0 Å². The molecule has 0 aliphatic carbocycles. The molecule has 1 aromatic carbocycles. The van der Waals surface area contributed by atoms with Gasteiger partial charge in [-0.05, 0) is 35.4 Å². The topological polar surface area (TPSA) is 77.7 Å². The molecule has 0 radical (unpaired) electrons. The van der Waals surface area contributed by atoms with Crippen LogP contribution >= 0.6 is 11.8 Å². The zero-order valence-corrected chi connectivity index (χ0v) is 17.5. The number of ether oxygens (including phenoxy) is 1. The number of thioether (sulfide) groups is 1. The fourth-order valence-electron chi connectivity index (χ4n) is 4.07. The zero-order chi connectivity index (χ0) is 20.5. The third-order valence-electron chi connectivity index (χ3n) is 5.66. The van der Waals surface area contributed by atoms with Crippen LogP contribution in [0.4, 0.5) is 10.5 Å². The number of anilines is 1. The van der Waals surface area contributed by atoms with Crippen molar-refractivity contribution < 1.29 is 14.3 Å². The van der Waals surface area contributed by atoms with Gasteiger partial charge < -0.3 is 19.9 Å². The number of fused-ring (bicyclic) bond motifs is 1. The van der Waals surface area contributed by atoms with E-state index in [1.54, 1.807) is 0 Å². The standard InChI is InChI=1S/C22H24N4O3S/c27-21-19(11-17-9-16(12-23-17)13-25-3-6-29-7-4-25)18-10-15(1-2-20(18)24-21)14-26-5-8-30-22(26)28/h1-2,9-12,23H,3-8,13-14H2,(H,24,27). The Balaban J connectivity index is 1.35. The summed E-state index contributed by atoms with van der Waals surface area (Å²) in [6.07, 6.45) is 3.91. The van der Waals surface area contributed by atoms with Crippen molar-refractivity contribution in [2.75, 3.05) is 43.9 Å². The van der Waals surface area contributed by atoms with Gasteiger partial charge >= 0.3 is 0 Å². The van der Waals surface area contributed by atoms with Crippen LogP contribution in [0.1, 0.15) is 22.4 Å². The second-order valence-corrected chi connectivity index (χ2v) is 8.83. The molecule has 7 nitrogen and oxygen atoms in total. The van der Waals surface area contributed by atoms with Gasteiger partial charge in [0.05, 0.1) is 18.8 Å². The fraction of sp³-hybridized carbons (Fsp3) is 0.364. The van der Waals surface area contributed by atoms with E-state index < -0.39 is 0 Å². The Morgan fingerprint density at radius 3 is 2.73 bits per heavy atom. The van der Waals surface area contributed by atoms with Crippen LogP contribution in [0.15, 0.2) is 30.5 Å². The summed E-state index contributed by atoms with van der Waals surface area (Å²) < 4.78 is 5.41. The van der Waals surface area contributed by atoms with Gasteiger partial charge in [-0.1, -0.05) is 17.8 Å². The van der Waals surface area contributed by atoms with Crippen molar-refractivity contribution in [3.63, 3.8) is 0 Å². The number of nitrogens with one attached hydrogen (secondary N) is 2. The molecule has 1 aromatic heterocycles. The average molecular weight is 425 g/mol. The number of carbonyl (C=O) groups is 2. The maximum atomic E-state index is 12.6. The first kappa shape index (κ1) is 19.4. The number of hydrogen-bond donors (Lipinski definition) is 2. The summed E-state index contributed by atoms with van der Waals surface area (Å²) in [7, 11) is 0. The number of morpholine rings is 1. The lowest BCUT2D eigenvalue weighted by atomic mass is 10.0. The summed E-state index contributed by atoms with van der Waals surface area (Å²) in [4.78, 5) is 32.0. The number of amides is 2. The maximum absolute atomic E-state index is 12.6. The van der Waals surface area contributed by atoms with Crippen LogP contribution in [0, 0.1) is 0 Å². The summed E-state index contributed by atoms with van der Waals surface area (Å²) in [6, 6.07) is 8.02. The first-order valence-corrected chi connectivity index (χ1v) is 11.2.